The van der Waals surface area contributed by atoms with Gasteiger partial charge < -0.3 is 15.4 Å². The number of methoxy groups -OCH3 is 1. The van der Waals surface area contributed by atoms with Crippen molar-refractivity contribution in [2.24, 2.45) is 0 Å². The van der Waals surface area contributed by atoms with Crippen LogP contribution in [0.4, 0.5) is 5.69 Å². The van der Waals surface area contributed by atoms with Crippen LogP contribution in [0.25, 0.3) is 0 Å². The number of benzene rings is 1. The Kier molecular flexibility index (Phi) is 3.67. The van der Waals surface area contributed by atoms with Crippen LogP contribution in [0.5, 0.6) is 5.75 Å². The standard InChI is InChI=1S/C13H20N2O/c1-10-5-6-12(13(8-10)16-2)15-9-11-4-3-7-14-11/h5-6,8,11,14-15H,3-4,7,9H2,1-2H3. The molecule has 0 bridgehead atoms. The molecule has 0 radical (unpaired) electrons. The summed E-state index contributed by atoms with van der Waals surface area (Å²) in [7, 11) is 1.72. The average molecular weight is 220 g/mol. The highest BCUT2D eigenvalue weighted by molar-refractivity contribution is 5.57. The van der Waals surface area contributed by atoms with Gasteiger partial charge in [0.1, 0.15) is 5.75 Å². The second-order valence-corrected chi connectivity index (χ2v) is 4.38. The van der Waals surface area contributed by atoms with Crippen molar-refractivity contribution in [3.05, 3.63) is 23.8 Å². The quantitative estimate of drug-likeness (QED) is 0.816. The molecule has 3 heteroatoms. The lowest BCUT2D eigenvalue weighted by molar-refractivity contribution is 0.416. The van der Waals surface area contributed by atoms with E-state index in [0.29, 0.717) is 6.04 Å². The van der Waals surface area contributed by atoms with E-state index in [2.05, 4.69) is 35.8 Å². The predicted molar refractivity (Wildman–Crippen MR) is 67.2 cm³/mol. The molecule has 2 N–H and O–H groups in total. The molecule has 1 aliphatic rings. The van der Waals surface area contributed by atoms with E-state index in [1.165, 1.54) is 18.4 Å². The normalized spacial score (nSPS) is 19.8. The second-order valence-electron chi connectivity index (χ2n) is 4.38. The summed E-state index contributed by atoms with van der Waals surface area (Å²) in [6.45, 7) is 4.20. The third-order valence-electron chi connectivity index (χ3n) is 3.06. The van der Waals surface area contributed by atoms with Gasteiger partial charge in [-0.1, -0.05) is 6.07 Å². The van der Waals surface area contributed by atoms with Gasteiger partial charge in [0.25, 0.3) is 0 Å². The lowest BCUT2D eigenvalue weighted by Crippen LogP contribution is -2.29. The molecule has 1 atom stereocenters. The van der Waals surface area contributed by atoms with Crippen LogP contribution in [0.3, 0.4) is 0 Å². The Morgan fingerprint density at radius 1 is 1.50 bits per heavy atom. The van der Waals surface area contributed by atoms with Crippen LogP contribution < -0.4 is 15.4 Å². The van der Waals surface area contributed by atoms with E-state index < -0.39 is 0 Å². The van der Waals surface area contributed by atoms with Crippen molar-refractivity contribution < 1.29 is 4.74 Å². The number of ether oxygens (including phenoxy) is 1. The van der Waals surface area contributed by atoms with Gasteiger partial charge in [-0.05, 0) is 44.0 Å². The number of anilines is 1. The highest BCUT2D eigenvalue weighted by Gasteiger charge is 2.13. The Morgan fingerprint density at radius 2 is 2.38 bits per heavy atom. The Balaban J connectivity index is 1.97. The summed E-state index contributed by atoms with van der Waals surface area (Å²) in [5, 5.41) is 6.92. The van der Waals surface area contributed by atoms with E-state index in [1.807, 2.05) is 0 Å². The lowest BCUT2D eigenvalue weighted by atomic mass is 10.2. The molecule has 0 amide bonds. The highest BCUT2D eigenvalue weighted by Crippen LogP contribution is 2.25. The molecule has 1 unspecified atom stereocenters. The van der Waals surface area contributed by atoms with Crippen molar-refractivity contribution in [3.63, 3.8) is 0 Å². The molecule has 16 heavy (non-hydrogen) atoms. The van der Waals surface area contributed by atoms with Gasteiger partial charge in [-0.2, -0.15) is 0 Å². The van der Waals surface area contributed by atoms with Crippen LogP contribution in [0.2, 0.25) is 0 Å². The van der Waals surface area contributed by atoms with Crippen molar-refractivity contribution in [3.8, 4) is 5.75 Å². The van der Waals surface area contributed by atoms with Crippen molar-refractivity contribution in [2.45, 2.75) is 25.8 Å². The molecule has 3 nitrogen and oxygen atoms in total. The Morgan fingerprint density at radius 3 is 3.06 bits per heavy atom. The summed E-state index contributed by atoms with van der Waals surface area (Å²) in [5.41, 5.74) is 2.31. The molecule has 88 valence electrons. The van der Waals surface area contributed by atoms with Gasteiger partial charge in [-0.3, -0.25) is 0 Å². The van der Waals surface area contributed by atoms with Crippen LogP contribution in [-0.2, 0) is 0 Å². The molecule has 0 aromatic heterocycles. The first kappa shape index (κ1) is 11.3. The van der Waals surface area contributed by atoms with Gasteiger partial charge in [0.05, 0.1) is 12.8 Å². The maximum absolute atomic E-state index is 5.36. The summed E-state index contributed by atoms with van der Waals surface area (Å²) in [6.07, 6.45) is 2.55. The second kappa shape index (κ2) is 5.21. The molecule has 0 spiro atoms. The maximum atomic E-state index is 5.36. The van der Waals surface area contributed by atoms with Gasteiger partial charge in [0, 0.05) is 12.6 Å². The SMILES string of the molecule is COc1cc(C)ccc1NCC1CCCN1. The summed E-state index contributed by atoms with van der Waals surface area (Å²) >= 11 is 0. The molecule has 1 saturated heterocycles. The number of hydrogen-bond donors (Lipinski definition) is 2. The zero-order valence-electron chi connectivity index (χ0n) is 10.0. The number of hydrogen-bond acceptors (Lipinski definition) is 3. The third kappa shape index (κ3) is 2.67. The first-order valence-electron chi connectivity index (χ1n) is 5.91. The van der Waals surface area contributed by atoms with Crippen LogP contribution >= 0.6 is 0 Å². The Labute approximate surface area is 97.2 Å². The summed E-state index contributed by atoms with van der Waals surface area (Å²) in [6, 6.07) is 6.85. The minimum absolute atomic E-state index is 0.603. The van der Waals surface area contributed by atoms with Crippen molar-refractivity contribution >= 4 is 5.69 Å². The molecule has 1 heterocycles. The van der Waals surface area contributed by atoms with E-state index in [1.54, 1.807) is 7.11 Å². The van der Waals surface area contributed by atoms with E-state index in [0.717, 1.165) is 24.5 Å². The van der Waals surface area contributed by atoms with E-state index in [4.69, 9.17) is 4.74 Å². The maximum Gasteiger partial charge on any atom is 0.142 e. The predicted octanol–water partition coefficient (Wildman–Crippen LogP) is 2.17. The average Bonchev–Trinajstić information content (AvgIpc) is 2.80. The molecule has 0 saturated carbocycles. The van der Waals surface area contributed by atoms with Crippen LogP contribution in [-0.4, -0.2) is 26.2 Å². The lowest BCUT2D eigenvalue weighted by Gasteiger charge is -2.15. The number of rotatable bonds is 4. The van der Waals surface area contributed by atoms with Crippen LogP contribution in [0.15, 0.2) is 18.2 Å². The van der Waals surface area contributed by atoms with E-state index in [9.17, 15) is 0 Å². The fourth-order valence-electron chi connectivity index (χ4n) is 2.11. The minimum Gasteiger partial charge on any atom is -0.495 e. The van der Waals surface area contributed by atoms with Crippen molar-refractivity contribution in [2.75, 3.05) is 25.5 Å². The first-order chi connectivity index (χ1) is 7.79. The fourth-order valence-corrected chi connectivity index (χ4v) is 2.11. The summed E-state index contributed by atoms with van der Waals surface area (Å²) in [5.74, 6) is 0.929. The minimum atomic E-state index is 0.603. The Hall–Kier alpha value is -1.22. The van der Waals surface area contributed by atoms with Gasteiger partial charge >= 0.3 is 0 Å². The van der Waals surface area contributed by atoms with Gasteiger partial charge in [-0.25, -0.2) is 0 Å². The summed E-state index contributed by atoms with van der Waals surface area (Å²) in [4.78, 5) is 0. The summed E-state index contributed by atoms with van der Waals surface area (Å²) < 4.78 is 5.36. The van der Waals surface area contributed by atoms with Crippen molar-refractivity contribution in [1.82, 2.24) is 5.32 Å². The highest BCUT2D eigenvalue weighted by atomic mass is 16.5. The molecule has 1 aromatic carbocycles. The smallest absolute Gasteiger partial charge is 0.142 e. The molecule has 1 aromatic rings. The molecule has 1 fully saturated rings. The number of aryl methyl sites for hydroxylation is 1. The Bertz CT molecular complexity index is 346. The molecular formula is C13H20N2O. The fraction of sp³-hybridized carbons (Fsp3) is 0.538. The zero-order valence-corrected chi connectivity index (χ0v) is 10.0. The topological polar surface area (TPSA) is 33.3 Å². The molecular weight excluding hydrogens is 200 g/mol. The monoisotopic (exact) mass is 220 g/mol. The molecule has 0 aliphatic carbocycles. The molecule has 1 aliphatic heterocycles. The first-order valence-corrected chi connectivity index (χ1v) is 5.91. The van der Waals surface area contributed by atoms with E-state index in [-0.39, 0.29) is 0 Å². The van der Waals surface area contributed by atoms with Crippen LogP contribution in [0, 0.1) is 6.92 Å². The van der Waals surface area contributed by atoms with Gasteiger partial charge in [0.2, 0.25) is 0 Å². The largest absolute Gasteiger partial charge is 0.495 e. The third-order valence-corrected chi connectivity index (χ3v) is 3.06. The van der Waals surface area contributed by atoms with E-state index >= 15 is 0 Å². The van der Waals surface area contributed by atoms with Crippen LogP contribution in [0.1, 0.15) is 18.4 Å². The number of nitrogens with one attached hydrogen (secondary N) is 2. The van der Waals surface area contributed by atoms with Gasteiger partial charge in [0.15, 0.2) is 0 Å². The van der Waals surface area contributed by atoms with Gasteiger partial charge in [-0.15, -0.1) is 0 Å². The van der Waals surface area contributed by atoms with Crippen molar-refractivity contribution in [1.29, 1.82) is 0 Å². The molecule has 2 rings (SSSR count). The zero-order chi connectivity index (χ0) is 11.4.